The molecule has 0 saturated heterocycles. The molecule has 7 aromatic rings. The number of hydrogen-bond donors (Lipinski definition) is 0. The first kappa shape index (κ1) is 20.2. The number of fused-ring (bicyclic) bond motifs is 9. The summed E-state index contributed by atoms with van der Waals surface area (Å²) < 4.78 is 2.40. The topological polar surface area (TPSA) is 17.3 Å². The van der Waals surface area contributed by atoms with E-state index in [-0.39, 0.29) is 0 Å². The number of benzene rings is 5. The van der Waals surface area contributed by atoms with E-state index < -0.39 is 0 Å². The van der Waals surface area contributed by atoms with Crippen LogP contribution in [0.4, 0.5) is 0 Å². The Hall–Kier alpha value is -4.17. The van der Waals surface area contributed by atoms with Gasteiger partial charge in [-0.3, -0.25) is 4.40 Å². The van der Waals surface area contributed by atoms with Crippen LogP contribution in [-0.2, 0) is 12.8 Å². The number of hydrogen-bond acceptors (Lipinski definition) is 1. The molecule has 0 aliphatic carbocycles. The van der Waals surface area contributed by atoms with Gasteiger partial charge in [0, 0.05) is 16.3 Å². The van der Waals surface area contributed by atoms with Gasteiger partial charge in [-0.2, -0.15) is 0 Å². The van der Waals surface area contributed by atoms with Crippen LogP contribution < -0.4 is 0 Å². The van der Waals surface area contributed by atoms with Crippen LogP contribution in [0.15, 0.2) is 97.2 Å². The van der Waals surface area contributed by atoms with Crippen molar-refractivity contribution < 1.29 is 0 Å². The average Bonchev–Trinajstić information content (AvgIpc) is 3.36. The van der Waals surface area contributed by atoms with Crippen LogP contribution in [0.3, 0.4) is 0 Å². The van der Waals surface area contributed by atoms with Gasteiger partial charge in [-0.25, -0.2) is 4.98 Å². The van der Waals surface area contributed by atoms with Crippen LogP contribution in [0.5, 0.6) is 0 Å². The summed E-state index contributed by atoms with van der Waals surface area (Å²) in [5.74, 6) is 0. The second kappa shape index (κ2) is 7.68. The average molecular weight is 451 g/mol. The third-order valence-corrected chi connectivity index (χ3v) is 7.56. The fourth-order valence-corrected chi connectivity index (χ4v) is 5.90. The molecular weight excluding hydrogens is 424 g/mol. The number of rotatable bonds is 3. The van der Waals surface area contributed by atoms with Gasteiger partial charge in [0.15, 0.2) is 0 Å². The molecule has 5 aromatic carbocycles. The molecule has 0 aliphatic heterocycles. The quantitative estimate of drug-likeness (QED) is 0.194. The highest BCUT2D eigenvalue weighted by Crippen LogP contribution is 2.39. The number of pyridine rings is 1. The molecule has 0 radical (unpaired) electrons. The number of aromatic nitrogens is 2. The van der Waals surface area contributed by atoms with Crippen LogP contribution in [-0.4, -0.2) is 9.38 Å². The zero-order valence-corrected chi connectivity index (χ0v) is 20.0. The molecule has 7 rings (SSSR count). The lowest BCUT2D eigenvalue weighted by Gasteiger charge is -2.16. The smallest absolute Gasteiger partial charge is 0.145 e. The van der Waals surface area contributed by atoms with E-state index in [0.29, 0.717) is 0 Å². The fourth-order valence-electron chi connectivity index (χ4n) is 5.90. The first-order chi connectivity index (χ1) is 17.3. The SMILES string of the molecule is CCc1cccc(CC)c1-c1cnc2c3ccccc3c3c4cc5ccccc5cc4ccc3n12. The molecule has 0 saturated carbocycles. The second-order valence-corrected chi connectivity index (χ2v) is 9.39. The maximum Gasteiger partial charge on any atom is 0.145 e. The van der Waals surface area contributed by atoms with Crippen molar-refractivity contribution in [1.29, 1.82) is 0 Å². The van der Waals surface area contributed by atoms with Crippen LogP contribution in [0.25, 0.3) is 60.1 Å². The molecule has 0 amide bonds. The normalized spacial score (nSPS) is 11.9. The van der Waals surface area contributed by atoms with E-state index in [0.717, 1.165) is 18.5 Å². The van der Waals surface area contributed by atoms with Crippen molar-refractivity contribution in [3.8, 4) is 11.3 Å². The number of imidazole rings is 1. The molecule has 0 unspecified atom stereocenters. The summed E-state index contributed by atoms with van der Waals surface area (Å²) in [4.78, 5) is 5.02. The minimum Gasteiger partial charge on any atom is -0.292 e. The molecular formula is C33H26N2. The van der Waals surface area contributed by atoms with Crippen molar-refractivity contribution >= 4 is 48.9 Å². The molecule has 2 nitrogen and oxygen atoms in total. The molecule has 0 aliphatic rings. The van der Waals surface area contributed by atoms with Crippen molar-refractivity contribution in [1.82, 2.24) is 9.38 Å². The molecule has 0 fully saturated rings. The van der Waals surface area contributed by atoms with E-state index >= 15 is 0 Å². The monoisotopic (exact) mass is 450 g/mol. The highest BCUT2D eigenvalue weighted by molar-refractivity contribution is 6.23. The van der Waals surface area contributed by atoms with E-state index in [4.69, 9.17) is 4.98 Å². The zero-order chi connectivity index (χ0) is 23.5. The summed E-state index contributed by atoms with van der Waals surface area (Å²) in [5.41, 5.74) is 7.50. The molecule has 0 bridgehead atoms. The van der Waals surface area contributed by atoms with Crippen molar-refractivity contribution in [3.05, 3.63) is 108 Å². The summed E-state index contributed by atoms with van der Waals surface area (Å²) >= 11 is 0. The van der Waals surface area contributed by atoms with Crippen LogP contribution in [0, 0.1) is 0 Å². The van der Waals surface area contributed by atoms with Crippen LogP contribution in [0.2, 0.25) is 0 Å². The van der Waals surface area contributed by atoms with E-state index in [1.54, 1.807) is 0 Å². The van der Waals surface area contributed by atoms with Gasteiger partial charge in [0.05, 0.1) is 17.4 Å². The Bertz CT molecular complexity index is 1900. The largest absolute Gasteiger partial charge is 0.292 e. The molecule has 0 spiro atoms. The molecule has 2 heteroatoms. The Kier molecular flexibility index (Phi) is 4.44. The fraction of sp³-hybridized carbons (Fsp3) is 0.121. The molecule has 2 heterocycles. The molecule has 2 aromatic heterocycles. The Morgan fingerprint density at radius 1 is 0.629 bits per heavy atom. The Morgan fingerprint density at radius 3 is 2.06 bits per heavy atom. The maximum atomic E-state index is 5.02. The lowest BCUT2D eigenvalue weighted by Crippen LogP contribution is -1.99. The lowest BCUT2D eigenvalue weighted by molar-refractivity contribution is 1.08. The van der Waals surface area contributed by atoms with Crippen molar-refractivity contribution in [2.75, 3.05) is 0 Å². The predicted octanol–water partition coefficient (Wildman–Crippen LogP) is 8.74. The third-order valence-electron chi connectivity index (χ3n) is 7.56. The Morgan fingerprint density at radius 2 is 1.31 bits per heavy atom. The van der Waals surface area contributed by atoms with Crippen molar-refractivity contribution in [2.24, 2.45) is 0 Å². The number of nitrogens with zero attached hydrogens (tertiary/aromatic N) is 2. The lowest BCUT2D eigenvalue weighted by atomic mass is 9.94. The number of aryl methyl sites for hydroxylation is 2. The van der Waals surface area contributed by atoms with Crippen LogP contribution in [0.1, 0.15) is 25.0 Å². The summed E-state index contributed by atoms with van der Waals surface area (Å²) in [7, 11) is 0. The Labute approximate surface area is 204 Å². The third kappa shape index (κ3) is 2.86. The van der Waals surface area contributed by atoms with Gasteiger partial charge >= 0.3 is 0 Å². The highest BCUT2D eigenvalue weighted by Gasteiger charge is 2.19. The van der Waals surface area contributed by atoms with Crippen molar-refractivity contribution in [3.63, 3.8) is 0 Å². The van der Waals surface area contributed by atoms with Gasteiger partial charge in [-0.1, -0.05) is 86.6 Å². The molecule has 0 N–H and O–H groups in total. The van der Waals surface area contributed by atoms with Crippen molar-refractivity contribution in [2.45, 2.75) is 26.7 Å². The van der Waals surface area contributed by atoms with Gasteiger partial charge in [0.2, 0.25) is 0 Å². The maximum absolute atomic E-state index is 5.02. The second-order valence-electron chi connectivity index (χ2n) is 9.39. The van der Waals surface area contributed by atoms with E-state index in [1.807, 2.05) is 0 Å². The standard InChI is InChI=1S/C33H26N2/c1-3-21-12-9-13-22(4-2)31(21)30-20-34-33-27-15-8-7-14-26(27)32-28-19-24-11-6-5-10-23(24)18-25(28)16-17-29(32)35(30)33/h5-20H,3-4H2,1-2H3. The highest BCUT2D eigenvalue weighted by atomic mass is 15.0. The van der Waals surface area contributed by atoms with E-state index in [9.17, 15) is 0 Å². The van der Waals surface area contributed by atoms with Gasteiger partial charge in [-0.15, -0.1) is 0 Å². The minimum absolute atomic E-state index is 0.997. The summed E-state index contributed by atoms with van der Waals surface area (Å²) in [5, 5.41) is 8.85. The summed E-state index contributed by atoms with van der Waals surface area (Å²) in [6.07, 6.45) is 4.08. The first-order valence-electron chi connectivity index (χ1n) is 12.5. The molecule has 0 atom stereocenters. The zero-order valence-electron chi connectivity index (χ0n) is 20.0. The predicted molar refractivity (Wildman–Crippen MR) is 149 cm³/mol. The van der Waals surface area contributed by atoms with E-state index in [1.165, 1.54) is 65.6 Å². The molecule has 168 valence electrons. The minimum atomic E-state index is 0.997. The van der Waals surface area contributed by atoms with Crippen LogP contribution >= 0.6 is 0 Å². The molecule has 35 heavy (non-hydrogen) atoms. The van der Waals surface area contributed by atoms with Gasteiger partial charge in [0.1, 0.15) is 5.65 Å². The van der Waals surface area contributed by atoms with Gasteiger partial charge in [-0.05, 0) is 69.1 Å². The summed E-state index contributed by atoms with van der Waals surface area (Å²) in [6, 6.07) is 33.3. The summed E-state index contributed by atoms with van der Waals surface area (Å²) in [6.45, 7) is 4.49. The Balaban J connectivity index is 1.73. The first-order valence-corrected chi connectivity index (χ1v) is 12.5. The van der Waals surface area contributed by atoms with Gasteiger partial charge < -0.3 is 0 Å². The van der Waals surface area contributed by atoms with E-state index in [2.05, 4.69) is 115 Å². The van der Waals surface area contributed by atoms with Gasteiger partial charge in [0.25, 0.3) is 0 Å².